The third kappa shape index (κ3) is 2.94. The summed E-state index contributed by atoms with van der Waals surface area (Å²) in [7, 11) is 0. The maximum Gasteiger partial charge on any atom is 0.222 e. The zero-order chi connectivity index (χ0) is 12.3. The molecular formula is C12H13N3O2. The van der Waals surface area contributed by atoms with Crippen LogP contribution >= 0.6 is 0 Å². The van der Waals surface area contributed by atoms with Crippen molar-refractivity contribution in [3.63, 3.8) is 0 Å². The lowest BCUT2D eigenvalue weighted by Gasteiger charge is -2.09. The van der Waals surface area contributed by atoms with Crippen molar-refractivity contribution in [2.75, 3.05) is 11.9 Å². The minimum absolute atomic E-state index is 0.160. The number of amides is 1. The van der Waals surface area contributed by atoms with E-state index in [1.807, 2.05) is 0 Å². The number of ether oxygens (including phenoxy) is 1. The van der Waals surface area contributed by atoms with Crippen molar-refractivity contribution in [3.05, 3.63) is 18.3 Å². The van der Waals surface area contributed by atoms with Crippen LogP contribution in [0.4, 0.5) is 5.82 Å². The number of pyridine rings is 1. The van der Waals surface area contributed by atoms with E-state index in [0.29, 0.717) is 18.2 Å². The molecule has 0 radical (unpaired) electrons. The highest BCUT2D eigenvalue weighted by molar-refractivity contribution is 5.87. The molecule has 5 nitrogen and oxygen atoms in total. The van der Waals surface area contributed by atoms with Gasteiger partial charge in [0.25, 0.3) is 0 Å². The molecule has 17 heavy (non-hydrogen) atoms. The van der Waals surface area contributed by atoms with E-state index in [1.165, 1.54) is 6.92 Å². The number of hydrogen-bond acceptors (Lipinski definition) is 4. The lowest BCUT2D eigenvalue weighted by atomic mass is 10.1. The smallest absolute Gasteiger partial charge is 0.222 e. The van der Waals surface area contributed by atoms with Gasteiger partial charge in [0.15, 0.2) is 0 Å². The molecule has 1 fully saturated rings. The molecule has 0 atom stereocenters. The molecule has 0 spiro atoms. The second kappa shape index (κ2) is 4.42. The average molecular weight is 231 g/mol. The summed E-state index contributed by atoms with van der Waals surface area (Å²) in [6.45, 7) is 1.83. The third-order valence-corrected chi connectivity index (χ3v) is 2.65. The Morgan fingerprint density at radius 3 is 2.88 bits per heavy atom. The van der Waals surface area contributed by atoms with E-state index >= 15 is 0 Å². The van der Waals surface area contributed by atoms with Gasteiger partial charge >= 0.3 is 0 Å². The van der Waals surface area contributed by atoms with Gasteiger partial charge in [0.1, 0.15) is 18.2 Å². The number of hydrogen-bond donors (Lipinski definition) is 1. The Kier molecular flexibility index (Phi) is 2.96. The number of carbonyl (C=O) groups excluding carboxylic acids is 1. The van der Waals surface area contributed by atoms with Gasteiger partial charge in [-0.25, -0.2) is 4.98 Å². The van der Waals surface area contributed by atoms with Gasteiger partial charge in [0.05, 0.1) is 17.7 Å². The van der Waals surface area contributed by atoms with Gasteiger partial charge in [-0.05, 0) is 25.0 Å². The molecule has 0 aromatic carbocycles. The summed E-state index contributed by atoms with van der Waals surface area (Å²) in [6.07, 6.45) is 3.35. The first-order valence-corrected chi connectivity index (χ1v) is 5.41. The molecule has 2 rings (SSSR count). The zero-order valence-corrected chi connectivity index (χ0v) is 9.56. The van der Waals surface area contributed by atoms with Gasteiger partial charge < -0.3 is 10.1 Å². The molecule has 1 heterocycles. The Bertz CT molecular complexity index is 458. The molecule has 1 amide bonds. The molecule has 0 aliphatic heterocycles. The van der Waals surface area contributed by atoms with Crippen molar-refractivity contribution < 1.29 is 9.53 Å². The molecule has 0 bridgehead atoms. The third-order valence-electron chi connectivity index (χ3n) is 2.65. The maximum absolute atomic E-state index is 10.8. The van der Waals surface area contributed by atoms with Crippen molar-refractivity contribution in [3.8, 4) is 11.8 Å². The first kappa shape index (κ1) is 11.4. The van der Waals surface area contributed by atoms with Gasteiger partial charge in [-0.2, -0.15) is 5.26 Å². The van der Waals surface area contributed by atoms with Gasteiger partial charge in [-0.1, -0.05) is 0 Å². The molecule has 1 aromatic rings. The van der Waals surface area contributed by atoms with Crippen molar-refractivity contribution >= 4 is 11.7 Å². The SMILES string of the molecule is CC(=O)Nc1ccc(OCC2(C#N)CC2)cn1. The predicted octanol–water partition coefficient (Wildman–Crippen LogP) is 1.72. The van der Waals surface area contributed by atoms with E-state index < -0.39 is 0 Å². The summed E-state index contributed by atoms with van der Waals surface area (Å²) < 4.78 is 5.49. The minimum atomic E-state index is -0.281. The number of aromatic nitrogens is 1. The summed E-state index contributed by atoms with van der Waals surface area (Å²) in [5.74, 6) is 0.944. The average Bonchev–Trinajstić information content (AvgIpc) is 3.08. The molecule has 1 N–H and O–H groups in total. The summed E-state index contributed by atoms with van der Waals surface area (Å²) in [4.78, 5) is 14.8. The van der Waals surface area contributed by atoms with Crippen LogP contribution in [-0.2, 0) is 4.79 Å². The van der Waals surface area contributed by atoms with Crippen molar-refractivity contribution in [1.29, 1.82) is 5.26 Å². The summed E-state index contributed by atoms with van der Waals surface area (Å²) >= 11 is 0. The summed E-state index contributed by atoms with van der Waals surface area (Å²) in [5, 5.41) is 11.5. The molecule has 1 aliphatic rings. The predicted molar refractivity (Wildman–Crippen MR) is 61.3 cm³/mol. The van der Waals surface area contributed by atoms with Gasteiger partial charge in [-0.3, -0.25) is 4.79 Å². The number of nitrogens with one attached hydrogen (secondary N) is 1. The summed E-state index contributed by atoms with van der Waals surface area (Å²) in [6, 6.07) is 5.65. The van der Waals surface area contributed by atoms with Crippen LogP contribution < -0.4 is 10.1 Å². The highest BCUT2D eigenvalue weighted by Gasteiger charge is 2.44. The molecule has 0 unspecified atom stereocenters. The van der Waals surface area contributed by atoms with Crippen LogP contribution in [0.3, 0.4) is 0 Å². The van der Waals surface area contributed by atoms with E-state index in [4.69, 9.17) is 10.00 Å². The van der Waals surface area contributed by atoms with E-state index in [-0.39, 0.29) is 11.3 Å². The van der Waals surface area contributed by atoms with Crippen LogP contribution in [0.1, 0.15) is 19.8 Å². The first-order chi connectivity index (χ1) is 8.13. The number of nitriles is 1. The highest BCUT2D eigenvalue weighted by Crippen LogP contribution is 2.44. The fraction of sp³-hybridized carbons (Fsp3) is 0.417. The van der Waals surface area contributed by atoms with E-state index in [2.05, 4.69) is 16.4 Å². The Morgan fingerprint density at radius 2 is 2.41 bits per heavy atom. The van der Waals surface area contributed by atoms with Gasteiger partial charge in [-0.15, -0.1) is 0 Å². The molecule has 1 saturated carbocycles. The van der Waals surface area contributed by atoms with Crippen molar-refractivity contribution in [2.24, 2.45) is 5.41 Å². The molecule has 1 aliphatic carbocycles. The van der Waals surface area contributed by atoms with Crippen molar-refractivity contribution in [2.45, 2.75) is 19.8 Å². The fourth-order valence-corrected chi connectivity index (χ4v) is 1.38. The van der Waals surface area contributed by atoms with Crippen LogP contribution in [-0.4, -0.2) is 17.5 Å². The number of nitrogens with zero attached hydrogens (tertiary/aromatic N) is 2. The Morgan fingerprint density at radius 1 is 1.65 bits per heavy atom. The van der Waals surface area contributed by atoms with E-state index in [1.54, 1.807) is 18.3 Å². The maximum atomic E-state index is 10.8. The van der Waals surface area contributed by atoms with Gasteiger partial charge in [0, 0.05) is 6.92 Å². The van der Waals surface area contributed by atoms with Gasteiger partial charge in [0.2, 0.25) is 5.91 Å². The Labute approximate surface area is 99.4 Å². The minimum Gasteiger partial charge on any atom is -0.490 e. The first-order valence-electron chi connectivity index (χ1n) is 5.41. The number of carbonyl (C=O) groups is 1. The Balaban J connectivity index is 1.90. The molecular weight excluding hydrogens is 218 g/mol. The van der Waals surface area contributed by atoms with E-state index in [9.17, 15) is 4.79 Å². The topological polar surface area (TPSA) is 75.0 Å². The van der Waals surface area contributed by atoms with Crippen LogP contribution in [0.15, 0.2) is 18.3 Å². The quantitative estimate of drug-likeness (QED) is 0.856. The largest absolute Gasteiger partial charge is 0.490 e. The Hall–Kier alpha value is -2.09. The second-order valence-corrected chi connectivity index (χ2v) is 4.24. The highest BCUT2D eigenvalue weighted by atomic mass is 16.5. The van der Waals surface area contributed by atoms with E-state index in [0.717, 1.165) is 12.8 Å². The molecule has 5 heteroatoms. The monoisotopic (exact) mass is 231 g/mol. The lowest BCUT2D eigenvalue weighted by molar-refractivity contribution is -0.114. The molecule has 0 saturated heterocycles. The van der Waals surface area contributed by atoms with Crippen LogP contribution in [0.5, 0.6) is 5.75 Å². The molecule has 88 valence electrons. The van der Waals surface area contributed by atoms with Crippen LogP contribution in [0.2, 0.25) is 0 Å². The molecule has 1 aromatic heterocycles. The van der Waals surface area contributed by atoms with Crippen LogP contribution in [0.25, 0.3) is 0 Å². The lowest BCUT2D eigenvalue weighted by Crippen LogP contribution is -2.11. The fourth-order valence-electron chi connectivity index (χ4n) is 1.38. The summed E-state index contributed by atoms with van der Waals surface area (Å²) in [5.41, 5.74) is -0.281. The standard InChI is InChI=1S/C12H13N3O2/c1-9(16)15-11-3-2-10(6-14-11)17-8-12(7-13)4-5-12/h2-3,6H,4-5,8H2,1H3,(H,14,15,16). The second-order valence-electron chi connectivity index (χ2n) is 4.24. The van der Waals surface area contributed by atoms with Crippen LogP contribution in [0, 0.1) is 16.7 Å². The zero-order valence-electron chi connectivity index (χ0n) is 9.56. The van der Waals surface area contributed by atoms with Crippen molar-refractivity contribution in [1.82, 2.24) is 4.98 Å². The number of rotatable bonds is 4. The normalized spacial score (nSPS) is 15.8. The number of anilines is 1.